The molecule has 172 valence electrons. The third-order valence-electron chi connectivity index (χ3n) is 5.87. The lowest BCUT2D eigenvalue weighted by atomic mass is 10.0. The summed E-state index contributed by atoms with van der Waals surface area (Å²) in [4.78, 5) is 27.8. The van der Waals surface area contributed by atoms with Crippen LogP contribution in [0.3, 0.4) is 0 Å². The number of carbonyl (C=O) groups excluding carboxylic acids is 2. The number of hydrogen-bond donors (Lipinski definition) is 1. The van der Waals surface area contributed by atoms with Crippen molar-refractivity contribution in [2.75, 3.05) is 25.1 Å². The molecule has 2 aromatic carbocycles. The number of amides is 2. The normalized spacial score (nSPS) is 13.8. The molecule has 1 N–H and O–H groups in total. The number of nitrogens with zero attached hydrogens (tertiary/aromatic N) is 5. The van der Waals surface area contributed by atoms with Gasteiger partial charge >= 0.3 is 0 Å². The number of carbonyl (C=O) groups is 2. The molecule has 0 saturated carbocycles. The topological polar surface area (TPSA) is 102 Å². The zero-order valence-corrected chi connectivity index (χ0v) is 18.9. The number of fused-ring (bicyclic) bond motifs is 1. The first kappa shape index (κ1) is 22.4. The standard InChI is InChI=1S/C24H28N6O3/c1-17-26-27-28-30(17)22(16-18-7-5-10-20(15-18)33-2)24(32)25-13-12-23(31)29-14-6-9-19-8-3-4-11-21(19)29/h3-5,7-8,10-11,15,22H,6,9,12-14,16H2,1-2H3,(H,25,32). The van der Waals surface area contributed by atoms with Gasteiger partial charge in [0.15, 0.2) is 0 Å². The van der Waals surface area contributed by atoms with Crippen molar-refractivity contribution in [1.82, 2.24) is 25.5 Å². The minimum absolute atomic E-state index is 0.00500. The van der Waals surface area contributed by atoms with Crippen LogP contribution < -0.4 is 15.0 Å². The van der Waals surface area contributed by atoms with Gasteiger partial charge in [0.2, 0.25) is 11.8 Å². The van der Waals surface area contributed by atoms with Crippen LogP contribution in [0, 0.1) is 6.92 Å². The summed E-state index contributed by atoms with van der Waals surface area (Å²) in [6.45, 7) is 2.70. The Labute approximate surface area is 192 Å². The third kappa shape index (κ3) is 5.19. The summed E-state index contributed by atoms with van der Waals surface area (Å²) < 4.78 is 6.81. The highest BCUT2D eigenvalue weighted by Crippen LogP contribution is 2.27. The van der Waals surface area contributed by atoms with Crippen molar-refractivity contribution in [2.24, 2.45) is 0 Å². The summed E-state index contributed by atoms with van der Waals surface area (Å²) >= 11 is 0. The largest absolute Gasteiger partial charge is 0.497 e. The van der Waals surface area contributed by atoms with Crippen LogP contribution >= 0.6 is 0 Å². The van der Waals surface area contributed by atoms with Crippen molar-refractivity contribution in [2.45, 2.75) is 38.6 Å². The molecule has 2 amide bonds. The number of nitrogens with one attached hydrogen (secondary N) is 1. The molecule has 1 atom stereocenters. The molecular weight excluding hydrogens is 420 g/mol. The first-order chi connectivity index (χ1) is 16.1. The molecule has 9 nitrogen and oxygen atoms in total. The number of anilines is 1. The van der Waals surface area contributed by atoms with Crippen LogP contribution in [0.2, 0.25) is 0 Å². The van der Waals surface area contributed by atoms with E-state index in [1.54, 1.807) is 14.0 Å². The number of para-hydroxylation sites is 1. The van der Waals surface area contributed by atoms with Crippen LogP contribution in [0.25, 0.3) is 0 Å². The van der Waals surface area contributed by atoms with Gasteiger partial charge in [-0.05, 0) is 59.5 Å². The van der Waals surface area contributed by atoms with Gasteiger partial charge in [-0.1, -0.05) is 30.3 Å². The minimum Gasteiger partial charge on any atom is -0.497 e. The fourth-order valence-electron chi connectivity index (χ4n) is 4.18. The second kappa shape index (κ2) is 10.2. The fourth-order valence-corrected chi connectivity index (χ4v) is 4.18. The van der Waals surface area contributed by atoms with E-state index in [0.29, 0.717) is 24.5 Å². The Balaban J connectivity index is 1.41. The summed E-state index contributed by atoms with van der Waals surface area (Å²) in [7, 11) is 1.60. The highest BCUT2D eigenvalue weighted by molar-refractivity contribution is 5.95. The van der Waals surface area contributed by atoms with E-state index >= 15 is 0 Å². The highest BCUT2D eigenvalue weighted by Gasteiger charge is 2.26. The van der Waals surface area contributed by atoms with Crippen molar-refractivity contribution < 1.29 is 14.3 Å². The lowest BCUT2D eigenvalue weighted by Crippen LogP contribution is -2.40. The molecule has 2 heterocycles. The van der Waals surface area contributed by atoms with Crippen molar-refractivity contribution in [3.8, 4) is 5.75 Å². The quantitative estimate of drug-likeness (QED) is 0.567. The number of ether oxygens (including phenoxy) is 1. The molecule has 1 unspecified atom stereocenters. The molecule has 1 aromatic heterocycles. The van der Waals surface area contributed by atoms with Crippen LogP contribution in [-0.2, 0) is 22.4 Å². The molecule has 0 fully saturated rings. The predicted octanol–water partition coefficient (Wildman–Crippen LogP) is 2.26. The monoisotopic (exact) mass is 448 g/mol. The molecule has 0 radical (unpaired) electrons. The summed E-state index contributed by atoms with van der Waals surface area (Å²) in [5.74, 6) is 1.03. The van der Waals surface area contributed by atoms with Crippen LogP contribution in [-0.4, -0.2) is 52.2 Å². The number of rotatable bonds is 8. The number of hydrogen-bond acceptors (Lipinski definition) is 6. The van der Waals surface area contributed by atoms with Gasteiger partial charge in [-0.3, -0.25) is 9.59 Å². The summed E-state index contributed by atoms with van der Waals surface area (Å²) in [5, 5.41) is 14.5. The molecule has 0 aliphatic carbocycles. The van der Waals surface area contributed by atoms with Gasteiger partial charge in [0.05, 0.1) is 7.11 Å². The van der Waals surface area contributed by atoms with E-state index in [1.165, 1.54) is 10.2 Å². The zero-order valence-electron chi connectivity index (χ0n) is 18.9. The van der Waals surface area contributed by atoms with E-state index in [0.717, 1.165) is 24.1 Å². The molecule has 9 heteroatoms. The SMILES string of the molecule is COc1cccc(CC(C(=O)NCCC(=O)N2CCCc3ccccc32)n2nnnc2C)c1. The van der Waals surface area contributed by atoms with Gasteiger partial charge in [-0.15, -0.1) is 5.10 Å². The maximum Gasteiger partial charge on any atom is 0.245 e. The third-order valence-corrected chi connectivity index (χ3v) is 5.87. The Hall–Kier alpha value is -3.75. The van der Waals surface area contributed by atoms with Gasteiger partial charge < -0.3 is 15.0 Å². The number of methoxy groups -OCH3 is 1. The van der Waals surface area contributed by atoms with Crippen LogP contribution in [0.4, 0.5) is 5.69 Å². The van der Waals surface area contributed by atoms with E-state index in [4.69, 9.17) is 4.74 Å². The number of tetrazole rings is 1. The van der Waals surface area contributed by atoms with Gasteiger partial charge in [-0.2, -0.15) is 0 Å². The molecule has 4 rings (SSSR count). The average molecular weight is 449 g/mol. The summed E-state index contributed by atoms with van der Waals surface area (Å²) in [6.07, 6.45) is 2.53. The summed E-state index contributed by atoms with van der Waals surface area (Å²) in [5.41, 5.74) is 3.08. The van der Waals surface area contributed by atoms with Gasteiger partial charge in [-0.25, -0.2) is 4.68 Å². The fraction of sp³-hybridized carbons (Fsp3) is 0.375. The van der Waals surface area contributed by atoms with E-state index in [9.17, 15) is 9.59 Å². The molecule has 0 bridgehead atoms. The first-order valence-corrected chi connectivity index (χ1v) is 11.1. The molecule has 1 aliphatic rings. The van der Waals surface area contributed by atoms with Crippen LogP contribution in [0.1, 0.15) is 35.8 Å². The maximum atomic E-state index is 13.1. The Morgan fingerprint density at radius 3 is 2.82 bits per heavy atom. The second-order valence-electron chi connectivity index (χ2n) is 8.06. The zero-order chi connectivity index (χ0) is 23.2. The van der Waals surface area contributed by atoms with Crippen LogP contribution in [0.5, 0.6) is 5.75 Å². The Bertz CT molecular complexity index is 1130. The Kier molecular flexibility index (Phi) is 6.97. The number of aryl methyl sites for hydroxylation is 2. The number of benzene rings is 2. The van der Waals surface area contributed by atoms with E-state index < -0.39 is 6.04 Å². The van der Waals surface area contributed by atoms with Crippen molar-refractivity contribution in [1.29, 1.82) is 0 Å². The maximum absolute atomic E-state index is 13.1. The number of aromatic nitrogens is 4. The lowest BCUT2D eigenvalue weighted by Gasteiger charge is -2.29. The Morgan fingerprint density at radius 2 is 2.03 bits per heavy atom. The first-order valence-electron chi connectivity index (χ1n) is 11.1. The van der Waals surface area contributed by atoms with Gasteiger partial charge in [0, 0.05) is 31.6 Å². The van der Waals surface area contributed by atoms with Gasteiger partial charge in [0.1, 0.15) is 17.6 Å². The van der Waals surface area contributed by atoms with E-state index in [2.05, 4.69) is 26.9 Å². The highest BCUT2D eigenvalue weighted by atomic mass is 16.5. The lowest BCUT2D eigenvalue weighted by molar-refractivity contribution is -0.124. The van der Waals surface area contributed by atoms with Gasteiger partial charge in [0.25, 0.3) is 0 Å². The molecular formula is C24H28N6O3. The second-order valence-corrected chi connectivity index (χ2v) is 8.06. The van der Waals surface area contributed by atoms with E-state index in [1.807, 2.05) is 47.4 Å². The van der Waals surface area contributed by atoms with Crippen molar-refractivity contribution >= 4 is 17.5 Å². The molecule has 0 spiro atoms. The van der Waals surface area contributed by atoms with Crippen LogP contribution in [0.15, 0.2) is 48.5 Å². The molecule has 3 aromatic rings. The molecule has 1 aliphatic heterocycles. The van der Waals surface area contributed by atoms with Crippen molar-refractivity contribution in [3.05, 3.63) is 65.5 Å². The smallest absolute Gasteiger partial charge is 0.245 e. The average Bonchev–Trinajstić information content (AvgIpc) is 3.27. The predicted molar refractivity (Wildman–Crippen MR) is 123 cm³/mol. The summed E-state index contributed by atoms with van der Waals surface area (Å²) in [6, 6.07) is 14.9. The molecule has 0 saturated heterocycles. The molecule has 33 heavy (non-hydrogen) atoms. The minimum atomic E-state index is -0.641. The Morgan fingerprint density at radius 1 is 1.18 bits per heavy atom. The van der Waals surface area contributed by atoms with E-state index in [-0.39, 0.29) is 24.8 Å². The van der Waals surface area contributed by atoms with Crippen molar-refractivity contribution in [3.63, 3.8) is 0 Å².